The van der Waals surface area contributed by atoms with Crippen LogP contribution in [0, 0.1) is 6.92 Å². The van der Waals surface area contributed by atoms with Gasteiger partial charge in [0, 0.05) is 18.8 Å². The smallest absolute Gasteiger partial charge is 0.151 e. The number of halogens is 1. The van der Waals surface area contributed by atoms with E-state index in [-0.39, 0.29) is 0 Å². The van der Waals surface area contributed by atoms with Gasteiger partial charge in [0.2, 0.25) is 0 Å². The van der Waals surface area contributed by atoms with Gasteiger partial charge in [-0.1, -0.05) is 17.7 Å². The van der Waals surface area contributed by atoms with Crippen LogP contribution in [0.1, 0.15) is 17.1 Å². The molecule has 0 aromatic carbocycles. The normalized spacial score (nSPS) is 10.9. The van der Waals surface area contributed by atoms with E-state index < -0.39 is 0 Å². The molecule has 2 aromatic rings. The van der Waals surface area contributed by atoms with Crippen molar-refractivity contribution in [3.63, 3.8) is 0 Å². The van der Waals surface area contributed by atoms with E-state index in [2.05, 4.69) is 20.1 Å². The Morgan fingerprint density at radius 3 is 2.50 bits per heavy atom. The maximum absolute atomic E-state index is 5.70. The molecule has 0 aliphatic carbocycles. The number of aromatic nitrogens is 3. The molecular formula is C13H15ClN4. The second kappa shape index (κ2) is 5.89. The summed E-state index contributed by atoms with van der Waals surface area (Å²) in [5.41, 5.74) is 2.99. The van der Waals surface area contributed by atoms with Crippen molar-refractivity contribution < 1.29 is 0 Å². The summed E-state index contributed by atoms with van der Waals surface area (Å²) in [6.07, 6.45) is 0. The summed E-state index contributed by atoms with van der Waals surface area (Å²) in [5, 5.41) is 8.28. The number of hydrogen-bond acceptors (Lipinski definition) is 4. The predicted octanol–water partition coefficient (Wildman–Crippen LogP) is 2.47. The van der Waals surface area contributed by atoms with Crippen LogP contribution in [0.2, 0.25) is 5.15 Å². The number of pyridine rings is 1. The van der Waals surface area contributed by atoms with Gasteiger partial charge < -0.3 is 0 Å². The first-order valence-corrected chi connectivity index (χ1v) is 6.10. The van der Waals surface area contributed by atoms with E-state index in [0.29, 0.717) is 5.15 Å². The van der Waals surface area contributed by atoms with Crippen LogP contribution in [0.25, 0.3) is 0 Å². The zero-order valence-electron chi connectivity index (χ0n) is 10.5. The molecule has 0 spiro atoms. The lowest BCUT2D eigenvalue weighted by atomic mass is 10.3. The van der Waals surface area contributed by atoms with Crippen LogP contribution in [0.5, 0.6) is 0 Å². The summed E-state index contributed by atoms with van der Waals surface area (Å²) in [5.74, 6) is 0. The predicted molar refractivity (Wildman–Crippen MR) is 71.2 cm³/mol. The van der Waals surface area contributed by atoms with Crippen molar-refractivity contribution in [2.45, 2.75) is 20.0 Å². The van der Waals surface area contributed by atoms with Gasteiger partial charge in [0.15, 0.2) is 5.15 Å². The highest BCUT2D eigenvalue weighted by Gasteiger charge is 2.04. The highest BCUT2D eigenvalue weighted by Crippen LogP contribution is 2.07. The van der Waals surface area contributed by atoms with Gasteiger partial charge in [0.25, 0.3) is 0 Å². The molecule has 0 amide bonds. The molecule has 0 radical (unpaired) electrons. The van der Waals surface area contributed by atoms with E-state index in [9.17, 15) is 0 Å². The molecule has 0 N–H and O–H groups in total. The van der Waals surface area contributed by atoms with Crippen LogP contribution in [0.3, 0.4) is 0 Å². The first-order chi connectivity index (χ1) is 8.63. The fraction of sp³-hybridized carbons (Fsp3) is 0.308. The van der Waals surface area contributed by atoms with E-state index >= 15 is 0 Å². The molecule has 2 heterocycles. The lowest BCUT2D eigenvalue weighted by Crippen LogP contribution is -2.19. The Morgan fingerprint density at radius 2 is 1.83 bits per heavy atom. The maximum Gasteiger partial charge on any atom is 0.151 e. The highest BCUT2D eigenvalue weighted by molar-refractivity contribution is 6.29. The molecule has 0 bridgehead atoms. The average Bonchev–Trinajstić information content (AvgIpc) is 2.32. The lowest BCUT2D eigenvalue weighted by Gasteiger charge is -2.15. The van der Waals surface area contributed by atoms with Gasteiger partial charge in [-0.3, -0.25) is 9.88 Å². The molecular weight excluding hydrogens is 248 g/mol. The van der Waals surface area contributed by atoms with Crippen LogP contribution in [-0.4, -0.2) is 27.1 Å². The molecule has 5 heteroatoms. The molecule has 94 valence electrons. The monoisotopic (exact) mass is 262 g/mol. The van der Waals surface area contributed by atoms with E-state index in [0.717, 1.165) is 30.2 Å². The SMILES string of the molecule is Cc1cccc(CN(C)Cc2ccc(Cl)nn2)n1. The minimum absolute atomic E-state index is 0.418. The number of aryl methyl sites for hydroxylation is 1. The maximum atomic E-state index is 5.70. The third kappa shape index (κ3) is 3.75. The van der Waals surface area contributed by atoms with Gasteiger partial charge in [0.1, 0.15) is 0 Å². The molecule has 0 saturated carbocycles. The standard InChI is InChI=1S/C13H15ClN4/c1-10-4-3-5-11(15-10)8-18(2)9-12-6-7-13(14)17-16-12/h3-7H,8-9H2,1-2H3. The Labute approximate surface area is 112 Å². The molecule has 2 aromatic heterocycles. The van der Waals surface area contributed by atoms with Crippen molar-refractivity contribution in [3.05, 3.63) is 52.6 Å². The van der Waals surface area contributed by atoms with Crippen molar-refractivity contribution in [1.82, 2.24) is 20.1 Å². The molecule has 0 aliphatic rings. The zero-order chi connectivity index (χ0) is 13.0. The molecule has 4 nitrogen and oxygen atoms in total. The Hall–Kier alpha value is -1.52. The summed E-state index contributed by atoms with van der Waals surface area (Å²) in [4.78, 5) is 6.61. The molecule has 0 aliphatic heterocycles. The van der Waals surface area contributed by atoms with Gasteiger partial charge >= 0.3 is 0 Å². The zero-order valence-corrected chi connectivity index (χ0v) is 11.2. The topological polar surface area (TPSA) is 41.9 Å². The Morgan fingerprint density at radius 1 is 1.06 bits per heavy atom. The molecule has 18 heavy (non-hydrogen) atoms. The summed E-state index contributed by atoms with van der Waals surface area (Å²) >= 11 is 5.70. The first kappa shape index (κ1) is 12.9. The van der Waals surface area contributed by atoms with Crippen LogP contribution in [-0.2, 0) is 13.1 Å². The fourth-order valence-electron chi connectivity index (χ4n) is 1.72. The van der Waals surface area contributed by atoms with E-state index in [4.69, 9.17) is 11.6 Å². The van der Waals surface area contributed by atoms with Gasteiger partial charge in [0.05, 0.1) is 11.4 Å². The quantitative estimate of drug-likeness (QED) is 0.849. The van der Waals surface area contributed by atoms with Crippen molar-refractivity contribution >= 4 is 11.6 Å². The van der Waals surface area contributed by atoms with Crippen LogP contribution in [0.4, 0.5) is 0 Å². The van der Waals surface area contributed by atoms with E-state index in [1.165, 1.54) is 0 Å². The molecule has 0 atom stereocenters. The number of rotatable bonds is 4. The molecule has 0 saturated heterocycles. The van der Waals surface area contributed by atoms with Crippen molar-refractivity contribution in [1.29, 1.82) is 0 Å². The summed E-state index contributed by atoms with van der Waals surface area (Å²) in [7, 11) is 2.03. The average molecular weight is 263 g/mol. The van der Waals surface area contributed by atoms with Crippen molar-refractivity contribution in [2.24, 2.45) is 0 Å². The third-order valence-electron chi connectivity index (χ3n) is 2.50. The Balaban J connectivity index is 1.96. The highest BCUT2D eigenvalue weighted by atomic mass is 35.5. The van der Waals surface area contributed by atoms with Crippen LogP contribution in [0.15, 0.2) is 30.3 Å². The van der Waals surface area contributed by atoms with Gasteiger partial charge in [-0.2, -0.15) is 5.10 Å². The first-order valence-electron chi connectivity index (χ1n) is 5.72. The van der Waals surface area contributed by atoms with Gasteiger partial charge in [-0.05, 0) is 38.2 Å². The van der Waals surface area contributed by atoms with Crippen molar-refractivity contribution in [3.8, 4) is 0 Å². The largest absolute Gasteiger partial charge is 0.295 e. The van der Waals surface area contributed by atoms with E-state index in [1.807, 2.05) is 38.2 Å². The summed E-state index contributed by atoms with van der Waals surface area (Å²) < 4.78 is 0. The fourth-order valence-corrected chi connectivity index (χ4v) is 1.83. The number of hydrogen-bond donors (Lipinski definition) is 0. The molecule has 2 rings (SSSR count). The second-order valence-electron chi connectivity index (χ2n) is 4.29. The second-order valence-corrected chi connectivity index (χ2v) is 4.68. The molecule has 0 unspecified atom stereocenters. The minimum Gasteiger partial charge on any atom is -0.295 e. The lowest BCUT2D eigenvalue weighted by molar-refractivity contribution is 0.310. The number of nitrogens with zero attached hydrogens (tertiary/aromatic N) is 4. The Bertz CT molecular complexity index is 513. The third-order valence-corrected chi connectivity index (χ3v) is 2.70. The minimum atomic E-state index is 0.418. The van der Waals surface area contributed by atoms with Crippen LogP contribution >= 0.6 is 11.6 Å². The summed E-state index contributed by atoms with van der Waals surface area (Å²) in [6, 6.07) is 9.68. The van der Waals surface area contributed by atoms with E-state index in [1.54, 1.807) is 6.07 Å². The van der Waals surface area contributed by atoms with Gasteiger partial charge in [-0.25, -0.2) is 0 Å². The Kier molecular flexibility index (Phi) is 4.23. The molecule has 0 fully saturated rings. The summed E-state index contributed by atoms with van der Waals surface area (Å²) in [6.45, 7) is 3.50. The van der Waals surface area contributed by atoms with Gasteiger partial charge in [-0.15, -0.1) is 5.10 Å². The van der Waals surface area contributed by atoms with Crippen LogP contribution < -0.4 is 0 Å². The van der Waals surface area contributed by atoms with Crippen molar-refractivity contribution in [2.75, 3.05) is 7.05 Å².